The van der Waals surface area contributed by atoms with Crippen LogP contribution in [0.2, 0.25) is 0 Å². The van der Waals surface area contributed by atoms with Crippen LogP contribution in [0.25, 0.3) is 0 Å². The van der Waals surface area contributed by atoms with E-state index in [9.17, 15) is 9.59 Å². The van der Waals surface area contributed by atoms with Gasteiger partial charge in [-0.05, 0) is 30.7 Å². The number of hydrogen-bond acceptors (Lipinski definition) is 4. The van der Waals surface area contributed by atoms with Gasteiger partial charge in [0, 0.05) is 31.7 Å². The van der Waals surface area contributed by atoms with Crippen LogP contribution in [0, 0.1) is 5.92 Å². The van der Waals surface area contributed by atoms with Crippen molar-refractivity contribution in [3.8, 4) is 5.75 Å². The molecular weight excluding hydrogens is 318 g/mol. The molecule has 1 aliphatic heterocycles. The molecule has 0 radical (unpaired) electrons. The van der Waals surface area contributed by atoms with Gasteiger partial charge in [-0.3, -0.25) is 9.59 Å². The number of carbonyl (C=O) groups excluding carboxylic acids is 2. The Morgan fingerprint density at radius 3 is 2.65 bits per heavy atom. The monoisotopic (exact) mass is 341 g/mol. The average molecular weight is 342 g/mol. The van der Waals surface area contributed by atoms with E-state index in [1.54, 1.807) is 29.2 Å². The third-order valence-electron chi connectivity index (χ3n) is 3.72. The van der Waals surface area contributed by atoms with Gasteiger partial charge >= 0.3 is 0 Å². The molecule has 23 heavy (non-hydrogen) atoms. The second kappa shape index (κ2) is 9.37. The van der Waals surface area contributed by atoms with Gasteiger partial charge in [0.15, 0.2) is 0 Å². The zero-order chi connectivity index (χ0) is 15.9. The molecule has 1 aromatic carbocycles. The molecule has 1 atom stereocenters. The maximum absolute atomic E-state index is 12.2. The number of ether oxygens (including phenoxy) is 1. The zero-order valence-electron chi connectivity index (χ0n) is 13.3. The van der Waals surface area contributed by atoms with Crippen molar-refractivity contribution in [3.63, 3.8) is 0 Å². The van der Waals surface area contributed by atoms with E-state index < -0.39 is 0 Å². The van der Waals surface area contributed by atoms with E-state index in [0.717, 1.165) is 17.9 Å². The second-order valence-electron chi connectivity index (χ2n) is 5.33. The molecule has 3 N–H and O–H groups in total. The molecule has 1 aromatic rings. The lowest BCUT2D eigenvalue weighted by Crippen LogP contribution is -2.30. The number of carbonyl (C=O) groups is 2. The van der Waals surface area contributed by atoms with Crippen LogP contribution in [-0.2, 0) is 9.59 Å². The fraction of sp³-hybridized carbons (Fsp3) is 0.500. The van der Waals surface area contributed by atoms with E-state index in [2.05, 4.69) is 5.32 Å². The fourth-order valence-corrected chi connectivity index (χ4v) is 2.48. The largest absolute Gasteiger partial charge is 0.492 e. The van der Waals surface area contributed by atoms with Crippen LogP contribution in [0.1, 0.15) is 19.8 Å². The van der Waals surface area contributed by atoms with Crippen LogP contribution >= 0.6 is 12.4 Å². The molecule has 1 unspecified atom stereocenters. The number of anilines is 1. The Bertz CT molecular complexity index is 522. The molecule has 0 bridgehead atoms. The lowest BCUT2D eigenvalue weighted by atomic mass is 10.1. The first-order chi connectivity index (χ1) is 10.6. The van der Waals surface area contributed by atoms with Gasteiger partial charge in [-0.2, -0.15) is 0 Å². The molecule has 2 amide bonds. The van der Waals surface area contributed by atoms with Crippen molar-refractivity contribution in [2.45, 2.75) is 19.8 Å². The summed E-state index contributed by atoms with van der Waals surface area (Å²) in [6.07, 6.45) is 1.20. The van der Waals surface area contributed by atoms with Gasteiger partial charge in [-0.25, -0.2) is 0 Å². The fourth-order valence-electron chi connectivity index (χ4n) is 2.48. The summed E-state index contributed by atoms with van der Waals surface area (Å²) >= 11 is 0. The third-order valence-corrected chi connectivity index (χ3v) is 3.72. The minimum Gasteiger partial charge on any atom is -0.492 e. The van der Waals surface area contributed by atoms with E-state index >= 15 is 0 Å². The highest BCUT2D eigenvalue weighted by Gasteiger charge is 2.30. The summed E-state index contributed by atoms with van der Waals surface area (Å²) in [6.45, 7) is 3.94. The first kappa shape index (κ1) is 19.3. The first-order valence-electron chi connectivity index (χ1n) is 7.65. The van der Waals surface area contributed by atoms with Crippen LogP contribution < -0.4 is 15.8 Å². The lowest BCUT2D eigenvalue weighted by Gasteiger charge is -2.15. The molecule has 0 aliphatic carbocycles. The van der Waals surface area contributed by atoms with Crippen LogP contribution in [-0.4, -0.2) is 43.0 Å². The predicted octanol–water partition coefficient (Wildman–Crippen LogP) is 1.64. The van der Waals surface area contributed by atoms with E-state index in [1.165, 1.54) is 0 Å². The highest BCUT2D eigenvalue weighted by molar-refractivity contribution is 5.93. The Kier molecular flexibility index (Phi) is 7.85. The van der Waals surface area contributed by atoms with Gasteiger partial charge in [-0.15, -0.1) is 12.4 Å². The van der Waals surface area contributed by atoms with Crippen molar-refractivity contribution in [3.05, 3.63) is 24.3 Å². The Hall–Kier alpha value is -1.79. The smallest absolute Gasteiger partial charge is 0.229 e. The molecule has 6 nitrogen and oxygen atoms in total. The first-order valence-corrected chi connectivity index (χ1v) is 7.65. The van der Waals surface area contributed by atoms with Crippen LogP contribution in [0.3, 0.4) is 0 Å². The van der Waals surface area contributed by atoms with E-state index in [0.29, 0.717) is 32.7 Å². The van der Waals surface area contributed by atoms with Crippen molar-refractivity contribution in [1.82, 2.24) is 4.90 Å². The van der Waals surface area contributed by atoms with Crippen LogP contribution in [0.5, 0.6) is 5.75 Å². The number of nitrogens with one attached hydrogen (secondary N) is 1. The molecule has 1 saturated heterocycles. The number of rotatable bonds is 6. The Balaban J connectivity index is 0.00000264. The van der Waals surface area contributed by atoms with Crippen molar-refractivity contribution in [2.24, 2.45) is 11.7 Å². The predicted molar refractivity (Wildman–Crippen MR) is 91.8 cm³/mol. The number of nitrogens with zero attached hydrogens (tertiary/aromatic N) is 1. The van der Waals surface area contributed by atoms with E-state index in [1.807, 2.05) is 6.92 Å². The summed E-state index contributed by atoms with van der Waals surface area (Å²) in [6, 6.07) is 7.20. The maximum Gasteiger partial charge on any atom is 0.229 e. The quantitative estimate of drug-likeness (QED) is 0.823. The SMILES string of the molecule is CCC(=O)N1CCC(C(=O)Nc2ccc(OCCN)cc2)C1.Cl. The van der Waals surface area contributed by atoms with Crippen molar-refractivity contribution in [1.29, 1.82) is 0 Å². The van der Waals surface area contributed by atoms with Crippen molar-refractivity contribution < 1.29 is 14.3 Å². The summed E-state index contributed by atoms with van der Waals surface area (Å²) in [5, 5.41) is 2.89. The number of benzene rings is 1. The molecule has 1 heterocycles. The molecule has 7 heteroatoms. The van der Waals surface area contributed by atoms with Crippen molar-refractivity contribution in [2.75, 3.05) is 31.6 Å². The highest BCUT2D eigenvalue weighted by atomic mass is 35.5. The molecule has 0 spiro atoms. The van der Waals surface area contributed by atoms with Crippen molar-refractivity contribution >= 4 is 29.9 Å². The number of hydrogen-bond donors (Lipinski definition) is 2. The van der Waals surface area contributed by atoms with E-state index in [-0.39, 0.29) is 30.1 Å². The summed E-state index contributed by atoms with van der Waals surface area (Å²) < 4.78 is 5.39. The van der Waals surface area contributed by atoms with Gasteiger partial charge in [0.25, 0.3) is 0 Å². The Labute approximate surface area is 142 Å². The number of likely N-dealkylation sites (tertiary alicyclic amines) is 1. The summed E-state index contributed by atoms with van der Waals surface area (Å²) in [7, 11) is 0. The molecule has 2 rings (SSSR count). The van der Waals surface area contributed by atoms with Crippen LogP contribution in [0.4, 0.5) is 5.69 Å². The minimum atomic E-state index is -0.135. The molecule has 0 saturated carbocycles. The molecule has 1 aliphatic rings. The maximum atomic E-state index is 12.2. The number of halogens is 1. The van der Waals surface area contributed by atoms with E-state index in [4.69, 9.17) is 10.5 Å². The Morgan fingerprint density at radius 2 is 2.04 bits per heavy atom. The zero-order valence-corrected chi connectivity index (χ0v) is 14.1. The Morgan fingerprint density at radius 1 is 1.35 bits per heavy atom. The third kappa shape index (κ3) is 5.41. The standard InChI is InChI=1S/C16H23N3O3.ClH/c1-2-15(20)19-9-7-12(11-19)16(21)18-13-3-5-14(6-4-13)22-10-8-17;/h3-6,12H,2,7-11,17H2,1H3,(H,18,21);1H. The average Bonchev–Trinajstić information content (AvgIpc) is 3.03. The molecule has 0 aromatic heterocycles. The van der Waals surface area contributed by atoms with Gasteiger partial charge in [-0.1, -0.05) is 6.92 Å². The summed E-state index contributed by atoms with van der Waals surface area (Å²) in [5.41, 5.74) is 6.10. The van der Waals surface area contributed by atoms with Crippen LogP contribution in [0.15, 0.2) is 24.3 Å². The number of amides is 2. The number of nitrogens with two attached hydrogens (primary N) is 1. The second-order valence-corrected chi connectivity index (χ2v) is 5.33. The van der Waals surface area contributed by atoms with Gasteiger partial charge < -0.3 is 20.7 Å². The molecule has 128 valence electrons. The van der Waals surface area contributed by atoms with Gasteiger partial charge in [0.05, 0.1) is 5.92 Å². The van der Waals surface area contributed by atoms with Gasteiger partial charge in [0.2, 0.25) is 11.8 Å². The van der Waals surface area contributed by atoms with Gasteiger partial charge in [0.1, 0.15) is 12.4 Å². The molecule has 1 fully saturated rings. The topological polar surface area (TPSA) is 84.7 Å². The summed E-state index contributed by atoms with van der Waals surface area (Å²) in [4.78, 5) is 25.6. The lowest BCUT2D eigenvalue weighted by molar-refractivity contribution is -0.130. The minimum absolute atomic E-state index is 0. The highest BCUT2D eigenvalue weighted by Crippen LogP contribution is 2.20. The molecular formula is C16H24ClN3O3. The normalized spacial score (nSPS) is 16.6. The summed E-state index contributed by atoms with van der Waals surface area (Å²) in [5.74, 6) is 0.659.